The number of aliphatic imine (C=N–C) groups is 1. The molecular weight excluding hydrogens is 223 g/mol. The molecule has 0 bridgehead atoms. The van der Waals surface area contributed by atoms with Gasteiger partial charge in [-0.1, -0.05) is 0 Å². The Morgan fingerprint density at radius 2 is 2.19 bits per heavy atom. The third kappa shape index (κ3) is 1.62. The van der Waals surface area contributed by atoms with Crippen LogP contribution in [0.25, 0.3) is 10.9 Å². The topological polar surface area (TPSA) is 25.2 Å². The van der Waals surface area contributed by atoms with Gasteiger partial charge in [0.25, 0.3) is 0 Å². The normalized spacial score (nSPS) is 10.2. The highest BCUT2D eigenvalue weighted by molar-refractivity contribution is 7.78. The van der Waals surface area contributed by atoms with E-state index in [1.807, 2.05) is 13.0 Å². The van der Waals surface area contributed by atoms with E-state index in [4.69, 9.17) is 0 Å². The van der Waals surface area contributed by atoms with E-state index >= 15 is 0 Å². The minimum absolute atomic E-state index is 0.285. The average Bonchev–Trinajstić information content (AvgIpc) is 2.25. The maximum atomic E-state index is 13.7. The van der Waals surface area contributed by atoms with E-state index in [-0.39, 0.29) is 5.82 Å². The van der Waals surface area contributed by atoms with Crippen LogP contribution < -0.4 is 0 Å². The molecule has 0 aliphatic carbocycles. The van der Waals surface area contributed by atoms with Crippen LogP contribution in [-0.4, -0.2) is 10.1 Å². The third-order valence-corrected chi connectivity index (χ3v) is 2.64. The number of isothiocyanates is 1. The van der Waals surface area contributed by atoms with Gasteiger partial charge in [0.15, 0.2) is 0 Å². The number of benzene rings is 1. The van der Waals surface area contributed by atoms with Gasteiger partial charge < -0.3 is 0 Å². The number of nitrogens with zero attached hydrogens (tertiary/aromatic N) is 2. The Kier molecular flexibility index (Phi) is 2.77. The van der Waals surface area contributed by atoms with Gasteiger partial charge >= 0.3 is 0 Å². The summed E-state index contributed by atoms with van der Waals surface area (Å²) in [6, 6.07) is 3.18. The lowest BCUT2D eigenvalue weighted by Gasteiger charge is -2.08. The molecule has 0 unspecified atom stereocenters. The lowest BCUT2D eigenvalue weighted by Crippen LogP contribution is -1.90. The number of hydrogen-bond donors (Lipinski definition) is 0. The van der Waals surface area contributed by atoms with E-state index < -0.39 is 0 Å². The first-order valence-electron chi connectivity index (χ1n) is 4.77. The van der Waals surface area contributed by atoms with Gasteiger partial charge in [0.2, 0.25) is 0 Å². The van der Waals surface area contributed by atoms with Crippen LogP contribution in [0.3, 0.4) is 0 Å². The van der Waals surface area contributed by atoms with E-state index in [2.05, 4.69) is 27.4 Å². The number of halogens is 1. The molecule has 16 heavy (non-hydrogen) atoms. The summed E-state index contributed by atoms with van der Waals surface area (Å²) in [7, 11) is 0. The Labute approximate surface area is 97.8 Å². The molecule has 0 aliphatic rings. The Morgan fingerprint density at radius 1 is 1.44 bits per heavy atom. The SMILES string of the molecule is Cc1cc(N=C=S)c(C)c2c(F)ccnc12. The van der Waals surface area contributed by atoms with E-state index in [1.54, 1.807) is 6.92 Å². The molecule has 0 saturated carbocycles. The first-order valence-corrected chi connectivity index (χ1v) is 5.18. The summed E-state index contributed by atoms with van der Waals surface area (Å²) in [4.78, 5) is 8.10. The molecule has 2 nitrogen and oxygen atoms in total. The van der Waals surface area contributed by atoms with Crippen molar-refractivity contribution in [2.24, 2.45) is 4.99 Å². The number of aromatic nitrogens is 1. The summed E-state index contributed by atoms with van der Waals surface area (Å²) >= 11 is 4.57. The highest BCUT2D eigenvalue weighted by Gasteiger charge is 2.10. The summed E-state index contributed by atoms with van der Waals surface area (Å²) in [6.07, 6.45) is 1.46. The van der Waals surface area contributed by atoms with Crippen LogP contribution >= 0.6 is 12.2 Å². The summed E-state index contributed by atoms with van der Waals surface area (Å²) in [5, 5.41) is 2.81. The summed E-state index contributed by atoms with van der Waals surface area (Å²) in [5.74, 6) is -0.285. The van der Waals surface area contributed by atoms with Gasteiger partial charge in [0.05, 0.1) is 16.4 Å². The van der Waals surface area contributed by atoms with Gasteiger partial charge in [-0.2, -0.15) is 4.99 Å². The molecular formula is C12H9FN2S. The summed E-state index contributed by atoms with van der Waals surface area (Å²) in [5.41, 5.74) is 2.93. The fraction of sp³-hybridized carbons (Fsp3) is 0.167. The van der Waals surface area contributed by atoms with Gasteiger partial charge in [-0.25, -0.2) is 4.39 Å². The van der Waals surface area contributed by atoms with Gasteiger partial charge in [-0.15, -0.1) is 0 Å². The van der Waals surface area contributed by atoms with Crippen LogP contribution in [0.5, 0.6) is 0 Å². The zero-order chi connectivity index (χ0) is 11.7. The smallest absolute Gasteiger partial charge is 0.134 e. The molecule has 4 heteroatoms. The number of fused-ring (bicyclic) bond motifs is 1. The zero-order valence-electron chi connectivity index (χ0n) is 8.91. The minimum atomic E-state index is -0.285. The monoisotopic (exact) mass is 232 g/mol. The zero-order valence-corrected chi connectivity index (χ0v) is 9.73. The Bertz CT molecular complexity index is 616. The van der Waals surface area contributed by atoms with Gasteiger partial charge in [0.1, 0.15) is 5.82 Å². The lowest BCUT2D eigenvalue weighted by molar-refractivity contribution is 0.638. The number of aryl methyl sites for hydroxylation is 2. The highest BCUT2D eigenvalue weighted by atomic mass is 32.1. The molecule has 1 aromatic heterocycles. The molecule has 1 aromatic carbocycles. The van der Waals surface area contributed by atoms with Crippen LogP contribution in [-0.2, 0) is 0 Å². The fourth-order valence-corrected chi connectivity index (χ4v) is 1.87. The van der Waals surface area contributed by atoms with Gasteiger partial charge in [-0.3, -0.25) is 4.98 Å². The Hall–Kier alpha value is -1.64. The van der Waals surface area contributed by atoms with Crippen LogP contribution in [0, 0.1) is 19.7 Å². The second kappa shape index (κ2) is 4.08. The summed E-state index contributed by atoms with van der Waals surface area (Å²) < 4.78 is 13.7. The second-order valence-electron chi connectivity index (χ2n) is 3.56. The predicted molar refractivity (Wildman–Crippen MR) is 65.9 cm³/mol. The summed E-state index contributed by atoms with van der Waals surface area (Å²) in [6.45, 7) is 3.68. The molecule has 0 atom stereocenters. The molecule has 0 radical (unpaired) electrons. The third-order valence-electron chi connectivity index (χ3n) is 2.55. The van der Waals surface area contributed by atoms with E-state index in [0.29, 0.717) is 16.6 Å². The maximum Gasteiger partial charge on any atom is 0.134 e. The van der Waals surface area contributed by atoms with Crippen molar-refractivity contribution in [3.63, 3.8) is 0 Å². The molecule has 0 spiro atoms. The number of hydrogen-bond acceptors (Lipinski definition) is 3. The van der Waals surface area contributed by atoms with Crippen LogP contribution in [0.2, 0.25) is 0 Å². The van der Waals surface area contributed by atoms with E-state index in [9.17, 15) is 4.39 Å². The average molecular weight is 232 g/mol. The van der Waals surface area contributed by atoms with E-state index in [1.165, 1.54) is 12.3 Å². The van der Waals surface area contributed by atoms with Crippen LogP contribution in [0.4, 0.5) is 10.1 Å². The Balaban J connectivity index is 2.97. The predicted octanol–water partition coefficient (Wildman–Crippen LogP) is 3.73. The lowest BCUT2D eigenvalue weighted by atomic mass is 10.0. The number of pyridine rings is 1. The molecule has 0 N–H and O–H groups in total. The van der Waals surface area contributed by atoms with Gasteiger partial charge in [-0.05, 0) is 49.3 Å². The molecule has 0 fully saturated rings. The molecule has 0 aliphatic heterocycles. The molecule has 80 valence electrons. The largest absolute Gasteiger partial charge is 0.256 e. The Morgan fingerprint density at radius 3 is 2.88 bits per heavy atom. The van der Waals surface area contributed by atoms with Gasteiger partial charge in [0, 0.05) is 11.6 Å². The van der Waals surface area contributed by atoms with Crippen molar-refractivity contribution < 1.29 is 4.39 Å². The number of rotatable bonds is 1. The van der Waals surface area contributed by atoms with Crippen molar-refractivity contribution in [1.29, 1.82) is 0 Å². The molecule has 2 aromatic rings. The second-order valence-corrected chi connectivity index (χ2v) is 3.74. The molecule has 1 heterocycles. The van der Waals surface area contributed by atoms with Crippen molar-refractivity contribution in [3.05, 3.63) is 35.3 Å². The molecule has 0 amide bonds. The van der Waals surface area contributed by atoms with Crippen molar-refractivity contribution in [3.8, 4) is 0 Å². The fourth-order valence-electron chi connectivity index (χ4n) is 1.77. The van der Waals surface area contributed by atoms with Crippen molar-refractivity contribution in [2.45, 2.75) is 13.8 Å². The van der Waals surface area contributed by atoms with E-state index in [0.717, 1.165) is 11.1 Å². The van der Waals surface area contributed by atoms with Crippen molar-refractivity contribution in [2.75, 3.05) is 0 Å². The minimum Gasteiger partial charge on any atom is -0.256 e. The first-order chi connectivity index (χ1) is 7.65. The van der Waals surface area contributed by atoms with Crippen LogP contribution in [0.1, 0.15) is 11.1 Å². The maximum absolute atomic E-state index is 13.7. The van der Waals surface area contributed by atoms with Crippen molar-refractivity contribution >= 4 is 34.0 Å². The first kappa shape index (κ1) is 10.9. The van der Waals surface area contributed by atoms with Crippen molar-refractivity contribution in [1.82, 2.24) is 4.98 Å². The molecule has 0 saturated heterocycles. The standard InChI is InChI=1S/C12H9FN2S/c1-7-5-10(15-6-16)8(2)11-9(13)3-4-14-12(7)11/h3-5H,1-2H3. The highest BCUT2D eigenvalue weighted by Crippen LogP contribution is 2.30. The quantitative estimate of drug-likeness (QED) is 0.553. The number of thiocarbonyl (C=S) groups is 1. The van der Waals surface area contributed by atoms with Crippen LogP contribution in [0.15, 0.2) is 23.3 Å². The molecule has 2 rings (SSSR count).